The van der Waals surface area contributed by atoms with Gasteiger partial charge in [-0.3, -0.25) is 4.79 Å². The van der Waals surface area contributed by atoms with Crippen molar-refractivity contribution in [3.05, 3.63) is 42.4 Å². The van der Waals surface area contributed by atoms with Crippen LogP contribution in [-0.4, -0.2) is 33.2 Å². The van der Waals surface area contributed by atoms with Gasteiger partial charge in [-0.1, -0.05) is 6.92 Å². The van der Waals surface area contributed by atoms with Gasteiger partial charge in [0.15, 0.2) is 0 Å². The summed E-state index contributed by atoms with van der Waals surface area (Å²) >= 11 is 0. The van der Waals surface area contributed by atoms with E-state index in [9.17, 15) is 9.90 Å². The van der Waals surface area contributed by atoms with E-state index in [1.54, 1.807) is 29.2 Å². The lowest BCUT2D eigenvalue weighted by molar-refractivity contribution is 0.100. The van der Waals surface area contributed by atoms with Crippen LogP contribution in [0.1, 0.15) is 23.7 Å². The zero-order valence-corrected chi connectivity index (χ0v) is 11.3. The summed E-state index contributed by atoms with van der Waals surface area (Å²) in [5.41, 5.74) is 6.55. The zero-order chi connectivity index (χ0) is 14.5. The quantitative estimate of drug-likeness (QED) is 0.736. The summed E-state index contributed by atoms with van der Waals surface area (Å²) in [5, 5.41) is 12.3. The van der Waals surface area contributed by atoms with Gasteiger partial charge in [0, 0.05) is 24.7 Å². The summed E-state index contributed by atoms with van der Waals surface area (Å²) in [6.45, 7) is 2.04. The Balaban J connectivity index is 2.22. The fraction of sp³-hybridized carbons (Fsp3) is 0.286. The Hall–Kier alpha value is -2.34. The Morgan fingerprint density at radius 2 is 2.35 bits per heavy atom. The SMILES string of the molecule is CC[C@@H](CO)Nc1cc(-n2ccc(C(N)=O)c2)ccn1. The van der Waals surface area contributed by atoms with Crippen LogP contribution in [0.15, 0.2) is 36.8 Å². The van der Waals surface area contributed by atoms with E-state index in [4.69, 9.17) is 5.73 Å². The molecule has 6 nitrogen and oxygen atoms in total. The maximum absolute atomic E-state index is 11.1. The Bertz CT molecular complexity index is 590. The lowest BCUT2D eigenvalue weighted by atomic mass is 10.2. The molecule has 0 saturated carbocycles. The van der Waals surface area contributed by atoms with E-state index in [1.165, 1.54) is 0 Å². The number of anilines is 1. The van der Waals surface area contributed by atoms with E-state index in [-0.39, 0.29) is 12.6 Å². The molecule has 0 aromatic carbocycles. The topological polar surface area (TPSA) is 93.2 Å². The normalized spacial score (nSPS) is 12.1. The lowest BCUT2D eigenvalue weighted by Crippen LogP contribution is -2.23. The predicted molar refractivity (Wildman–Crippen MR) is 76.9 cm³/mol. The maximum atomic E-state index is 11.1. The standard InChI is InChI=1S/C14H18N4O2/c1-2-11(9-19)17-13-7-12(3-5-16-13)18-6-4-10(8-18)14(15)20/h3-8,11,19H,2,9H2,1H3,(H2,15,20)(H,16,17)/t11-/m0/s1. The molecule has 2 heterocycles. The Morgan fingerprint density at radius 3 is 2.95 bits per heavy atom. The van der Waals surface area contributed by atoms with Crippen LogP contribution in [-0.2, 0) is 0 Å². The third kappa shape index (κ3) is 3.16. The third-order valence-electron chi connectivity index (χ3n) is 3.08. The second-order valence-corrected chi connectivity index (χ2v) is 4.50. The maximum Gasteiger partial charge on any atom is 0.250 e. The first-order chi connectivity index (χ1) is 9.63. The third-order valence-corrected chi connectivity index (χ3v) is 3.08. The summed E-state index contributed by atoms with van der Waals surface area (Å²) in [7, 11) is 0. The van der Waals surface area contributed by atoms with Gasteiger partial charge in [0.05, 0.1) is 23.9 Å². The summed E-state index contributed by atoms with van der Waals surface area (Å²) in [5.74, 6) is 0.222. The number of carbonyl (C=O) groups is 1. The molecular formula is C14H18N4O2. The van der Waals surface area contributed by atoms with Crippen LogP contribution in [0.5, 0.6) is 0 Å². The highest BCUT2D eigenvalue weighted by Gasteiger charge is 2.07. The van der Waals surface area contributed by atoms with Crippen LogP contribution in [0.25, 0.3) is 5.69 Å². The minimum atomic E-state index is -0.456. The second kappa shape index (κ2) is 6.21. The van der Waals surface area contributed by atoms with Gasteiger partial charge in [0.1, 0.15) is 5.82 Å². The van der Waals surface area contributed by atoms with Crippen LogP contribution in [0.2, 0.25) is 0 Å². The number of primary amides is 1. The number of rotatable bonds is 6. The number of nitrogens with one attached hydrogen (secondary N) is 1. The van der Waals surface area contributed by atoms with Crippen molar-refractivity contribution in [1.82, 2.24) is 9.55 Å². The molecule has 2 aromatic heterocycles. The van der Waals surface area contributed by atoms with E-state index in [0.29, 0.717) is 11.4 Å². The first-order valence-corrected chi connectivity index (χ1v) is 6.45. The Labute approximate surface area is 117 Å². The van der Waals surface area contributed by atoms with Gasteiger partial charge < -0.3 is 20.7 Å². The zero-order valence-electron chi connectivity index (χ0n) is 11.3. The fourth-order valence-electron chi connectivity index (χ4n) is 1.85. The fourth-order valence-corrected chi connectivity index (χ4v) is 1.85. The summed E-state index contributed by atoms with van der Waals surface area (Å²) in [4.78, 5) is 15.3. The van der Waals surface area contributed by atoms with E-state index in [2.05, 4.69) is 10.3 Å². The molecule has 20 heavy (non-hydrogen) atoms. The molecule has 0 aliphatic heterocycles. The monoisotopic (exact) mass is 274 g/mol. The number of hydrogen-bond donors (Lipinski definition) is 3. The summed E-state index contributed by atoms with van der Waals surface area (Å²) in [6, 6.07) is 5.32. The largest absolute Gasteiger partial charge is 0.394 e. The number of aromatic nitrogens is 2. The highest BCUT2D eigenvalue weighted by atomic mass is 16.3. The average molecular weight is 274 g/mol. The molecule has 0 radical (unpaired) electrons. The van der Waals surface area contributed by atoms with Crippen LogP contribution in [0.3, 0.4) is 0 Å². The van der Waals surface area contributed by atoms with Crippen molar-refractivity contribution >= 4 is 11.7 Å². The van der Waals surface area contributed by atoms with Crippen molar-refractivity contribution in [3.63, 3.8) is 0 Å². The molecule has 2 aromatic rings. The van der Waals surface area contributed by atoms with E-state index < -0.39 is 5.91 Å². The molecule has 106 valence electrons. The summed E-state index contributed by atoms with van der Waals surface area (Å²) in [6.07, 6.45) is 5.91. The predicted octanol–water partition coefficient (Wildman–Crippen LogP) is 1.15. The molecule has 1 atom stereocenters. The molecule has 0 saturated heterocycles. The summed E-state index contributed by atoms with van der Waals surface area (Å²) < 4.78 is 1.80. The number of aliphatic hydroxyl groups excluding tert-OH is 1. The van der Waals surface area contributed by atoms with Gasteiger partial charge in [-0.15, -0.1) is 0 Å². The molecule has 1 amide bonds. The number of amides is 1. The molecular weight excluding hydrogens is 256 g/mol. The number of pyridine rings is 1. The highest BCUT2D eigenvalue weighted by Crippen LogP contribution is 2.15. The van der Waals surface area contributed by atoms with Crippen molar-refractivity contribution < 1.29 is 9.90 Å². The number of nitrogens with two attached hydrogens (primary N) is 1. The van der Waals surface area contributed by atoms with E-state index in [1.807, 2.05) is 19.1 Å². The van der Waals surface area contributed by atoms with E-state index in [0.717, 1.165) is 12.1 Å². The lowest BCUT2D eigenvalue weighted by Gasteiger charge is -2.15. The molecule has 0 aliphatic rings. The Morgan fingerprint density at radius 1 is 1.55 bits per heavy atom. The molecule has 0 aliphatic carbocycles. The number of aliphatic hydroxyl groups is 1. The number of carbonyl (C=O) groups excluding carboxylic acids is 1. The van der Waals surface area contributed by atoms with Crippen molar-refractivity contribution in [2.24, 2.45) is 5.73 Å². The van der Waals surface area contributed by atoms with Crippen LogP contribution >= 0.6 is 0 Å². The van der Waals surface area contributed by atoms with E-state index >= 15 is 0 Å². The van der Waals surface area contributed by atoms with Crippen molar-refractivity contribution in [2.75, 3.05) is 11.9 Å². The molecule has 0 fully saturated rings. The minimum Gasteiger partial charge on any atom is -0.394 e. The van der Waals surface area contributed by atoms with Gasteiger partial charge in [0.2, 0.25) is 5.91 Å². The number of hydrogen-bond acceptors (Lipinski definition) is 4. The molecule has 0 unspecified atom stereocenters. The second-order valence-electron chi connectivity index (χ2n) is 4.50. The first-order valence-electron chi connectivity index (χ1n) is 6.45. The smallest absolute Gasteiger partial charge is 0.250 e. The van der Waals surface area contributed by atoms with Gasteiger partial charge in [-0.2, -0.15) is 0 Å². The number of nitrogens with zero attached hydrogens (tertiary/aromatic N) is 2. The average Bonchev–Trinajstić information content (AvgIpc) is 2.95. The first kappa shape index (κ1) is 14.1. The van der Waals surface area contributed by atoms with Gasteiger partial charge in [-0.25, -0.2) is 4.98 Å². The van der Waals surface area contributed by atoms with Crippen LogP contribution < -0.4 is 11.1 Å². The van der Waals surface area contributed by atoms with Crippen molar-refractivity contribution in [1.29, 1.82) is 0 Å². The van der Waals surface area contributed by atoms with Crippen molar-refractivity contribution in [3.8, 4) is 5.69 Å². The van der Waals surface area contributed by atoms with Crippen LogP contribution in [0.4, 0.5) is 5.82 Å². The molecule has 0 bridgehead atoms. The molecule has 4 N–H and O–H groups in total. The highest BCUT2D eigenvalue weighted by molar-refractivity contribution is 5.92. The minimum absolute atomic E-state index is 0.0245. The molecule has 2 rings (SSSR count). The van der Waals surface area contributed by atoms with Gasteiger partial charge in [-0.05, 0) is 18.6 Å². The molecule has 0 spiro atoms. The van der Waals surface area contributed by atoms with Gasteiger partial charge >= 0.3 is 0 Å². The molecule has 6 heteroatoms. The van der Waals surface area contributed by atoms with Crippen molar-refractivity contribution in [2.45, 2.75) is 19.4 Å². The van der Waals surface area contributed by atoms with Gasteiger partial charge in [0.25, 0.3) is 0 Å². The Kier molecular flexibility index (Phi) is 4.37. The van der Waals surface area contributed by atoms with Crippen LogP contribution in [0, 0.1) is 0 Å².